The van der Waals surface area contributed by atoms with E-state index in [0.717, 1.165) is 110 Å². The molecule has 0 fully saturated rings. The minimum Gasteiger partial charge on any atom is -0.873 e. The number of nitrogens with zero attached hydrogens (tertiary/aromatic N) is 2. The minimum absolute atomic E-state index is 0. The standard InChI is InChI=1S/C36H52N2.C18H30O2.Ni/c1-7-9-11-12-13-14-15-16-17-18-19-20-22-36(38-34-26-24-30(4)32(6)28-34)35(21-10-8-2)37-33-25-23-29(3)31(5)27-33;1-4-7-9-12-14-13-15(11-8-5-2)17(19)18(20)16(14)10-6-3;/h23-28H,7-19,21H2,1-6H3;13,19-20H,4-12H2,1-3H3;/q;;+2/p-2. The molecule has 4 nitrogen and oxygen atoms in total. The van der Waals surface area contributed by atoms with Gasteiger partial charge in [-0.25, -0.2) is 4.99 Å². The average molecular weight is 848 g/mol. The van der Waals surface area contributed by atoms with Crippen molar-refractivity contribution in [3.63, 3.8) is 0 Å². The summed E-state index contributed by atoms with van der Waals surface area (Å²) in [5.41, 5.74) is 11.5. The van der Waals surface area contributed by atoms with Gasteiger partial charge >= 0.3 is 16.5 Å². The molecule has 0 aliphatic rings. The van der Waals surface area contributed by atoms with Gasteiger partial charge in [-0.2, -0.15) is 0 Å². The van der Waals surface area contributed by atoms with Crippen molar-refractivity contribution >= 4 is 22.8 Å². The summed E-state index contributed by atoms with van der Waals surface area (Å²) in [5.74, 6) is 6.44. The van der Waals surface area contributed by atoms with E-state index in [0.29, 0.717) is 0 Å². The molecule has 328 valence electrons. The van der Waals surface area contributed by atoms with Gasteiger partial charge in [-0.1, -0.05) is 160 Å². The molecule has 0 N–H and O–H groups in total. The molecule has 0 spiro atoms. The van der Waals surface area contributed by atoms with Crippen molar-refractivity contribution in [3.8, 4) is 23.3 Å². The van der Waals surface area contributed by atoms with Crippen LogP contribution >= 0.6 is 0 Å². The molecule has 5 heteroatoms. The molecule has 3 rings (SSSR count). The molecule has 59 heavy (non-hydrogen) atoms. The van der Waals surface area contributed by atoms with Crippen molar-refractivity contribution in [3.05, 3.63) is 81.4 Å². The van der Waals surface area contributed by atoms with Crippen LogP contribution in [0.3, 0.4) is 0 Å². The molecule has 3 aromatic carbocycles. The Morgan fingerprint density at radius 1 is 0.492 bits per heavy atom. The van der Waals surface area contributed by atoms with Crippen molar-refractivity contribution in [1.82, 2.24) is 0 Å². The molecule has 0 aliphatic carbocycles. The molecule has 0 aromatic heterocycles. The van der Waals surface area contributed by atoms with E-state index < -0.39 is 0 Å². The van der Waals surface area contributed by atoms with Gasteiger partial charge < -0.3 is 10.2 Å². The summed E-state index contributed by atoms with van der Waals surface area (Å²) in [7, 11) is 0. The van der Waals surface area contributed by atoms with E-state index in [2.05, 4.69) is 111 Å². The van der Waals surface area contributed by atoms with E-state index in [-0.39, 0.29) is 28.0 Å². The Kier molecular flexibility index (Phi) is 29.5. The number of aryl methyl sites for hydroxylation is 6. The Labute approximate surface area is 372 Å². The third-order valence-electron chi connectivity index (χ3n) is 11.2. The SMILES string of the molecule is CCCCCCCCCCCCC#CC(=Nc1ccc(C)c(C)c1)C(CCCC)=Nc1ccc(C)c(C)c1.CCCCCc1cc(CCCC)c([O-])c([O-])c1CCC.[Ni+2]. The fourth-order valence-corrected chi connectivity index (χ4v) is 7.12. The van der Waals surface area contributed by atoms with Gasteiger partial charge in [0.2, 0.25) is 0 Å². The quantitative estimate of drug-likeness (QED) is 0.0369. The van der Waals surface area contributed by atoms with Crippen LogP contribution in [0.5, 0.6) is 11.5 Å². The van der Waals surface area contributed by atoms with Crippen molar-refractivity contribution < 1.29 is 26.7 Å². The zero-order valence-corrected chi connectivity index (χ0v) is 39.8. The molecule has 0 unspecified atom stereocenters. The first kappa shape index (κ1) is 53.7. The van der Waals surface area contributed by atoms with Crippen LogP contribution in [0.1, 0.15) is 202 Å². The Morgan fingerprint density at radius 3 is 1.54 bits per heavy atom. The van der Waals surface area contributed by atoms with Crippen LogP contribution in [-0.4, -0.2) is 11.4 Å². The summed E-state index contributed by atoms with van der Waals surface area (Å²) < 4.78 is 0. The van der Waals surface area contributed by atoms with Crippen LogP contribution in [0.15, 0.2) is 52.4 Å². The summed E-state index contributed by atoms with van der Waals surface area (Å²) in [6.45, 7) is 19.4. The minimum atomic E-state index is -0.249. The predicted octanol–water partition coefficient (Wildman–Crippen LogP) is 15.1. The second kappa shape index (κ2) is 32.4. The summed E-state index contributed by atoms with van der Waals surface area (Å²) in [4.78, 5) is 10.1. The molecule has 0 saturated heterocycles. The van der Waals surface area contributed by atoms with E-state index in [1.54, 1.807) is 0 Å². The topological polar surface area (TPSA) is 70.8 Å². The Bertz CT molecular complexity index is 1750. The van der Waals surface area contributed by atoms with Crippen molar-refractivity contribution in [2.75, 3.05) is 0 Å². The maximum atomic E-state index is 12.3. The van der Waals surface area contributed by atoms with Gasteiger partial charge in [-0.05, 0) is 137 Å². The molecule has 0 bridgehead atoms. The van der Waals surface area contributed by atoms with Crippen LogP contribution in [0, 0.1) is 39.5 Å². The molecule has 0 amide bonds. The molecule has 0 radical (unpaired) electrons. The molecule has 3 aromatic rings. The molecule has 0 atom stereocenters. The summed E-state index contributed by atoms with van der Waals surface area (Å²) in [6.07, 6.45) is 26.3. The van der Waals surface area contributed by atoms with Crippen LogP contribution in [0.2, 0.25) is 0 Å². The van der Waals surface area contributed by atoms with E-state index >= 15 is 0 Å². The van der Waals surface area contributed by atoms with E-state index in [1.807, 2.05) is 6.07 Å². The largest absolute Gasteiger partial charge is 2.00 e. The normalized spacial score (nSPS) is 11.4. The van der Waals surface area contributed by atoms with Crippen LogP contribution < -0.4 is 10.2 Å². The number of hydrogen-bond acceptors (Lipinski definition) is 4. The Hall–Kier alpha value is -3.35. The maximum Gasteiger partial charge on any atom is 2.00 e. The fraction of sp³-hybridized carbons (Fsp3) is 0.593. The summed E-state index contributed by atoms with van der Waals surface area (Å²) in [6, 6.07) is 14.9. The summed E-state index contributed by atoms with van der Waals surface area (Å²) >= 11 is 0. The Balaban J connectivity index is 0.000000699. The van der Waals surface area contributed by atoms with E-state index in [1.165, 1.54) is 99.3 Å². The van der Waals surface area contributed by atoms with Gasteiger partial charge in [0.1, 0.15) is 5.71 Å². The van der Waals surface area contributed by atoms with Crippen LogP contribution in [0.4, 0.5) is 11.4 Å². The number of benzene rings is 3. The van der Waals surface area contributed by atoms with Gasteiger partial charge in [0.25, 0.3) is 0 Å². The van der Waals surface area contributed by atoms with Crippen molar-refractivity contribution in [1.29, 1.82) is 0 Å². The van der Waals surface area contributed by atoms with E-state index in [9.17, 15) is 10.2 Å². The molecular formula is C54H80N2NiO2. The second-order valence-corrected chi connectivity index (χ2v) is 16.5. The number of hydrogen-bond donors (Lipinski definition) is 0. The number of rotatable bonds is 25. The molecule has 0 heterocycles. The fourth-order valence-electron chi connectivity index (χ4n) is 7.12. The van der Waals surface area contributed by atoms with Gasteiger partial charge in [-0.3, -0.25) is 4.99 Å². The zero-order valence-electron chi connectivity index (χ0n) is 38.8. The number of unbranched alkanes of at least 4 members (excludes halogenated alkanes) is 14. The van der Waals surface area contributed by atoms with Gasteiger partial charge in [-0.15, -0.1) is 11.5 Å². The molecule has 0 saturated carbocycles. The third-order valence-corrected chi connectivity index (χ3v) is 11.2. The number of aliphatic imine (C=N–C) groups is 2. The van der Waals surface area contributed by atoms with Crippen LogP contribution in [0.25, 0.3) is 0 Å². The molecular weight excluding hydrogens is 767 g/mol. The average Bonchev–Trinajstić information content (AvgIpc) is 3.21. The van der Waals surface area contributed by atoms with Crippen molar-refractivity contribution in [2.45, 2.75) is 210 Å². The zero-order chi connectivity index (χ0) is 42.5. The first-order valence-corrected chi connectivity index (χ1v) is 23.4. The second-order valence-electron chi connectivity index (χ2n) is 16.5. The van der Waals surface area contributed by atoms with Crippen LogP contribution in [-0.2, 0) is 35.8 Å². The monoisotopic (exact) mass is 847 g/mol. The predicted molar refractivity (Wildman–Crippen MR) is 251 cm³/mol. The van der Waals surface area contributed by atoms with Crippen molar-refractivity contribution in [2.24, 2.45) is 9.98 Å². The third kappa shape index (κ3) is 21.1. The van der Waals surface area contributed by atoms with Gasteiger partial charge in [0.15, 0.2) is 0 Å². The Morgan fingerprint density at radius 2 is 1.00 bits per heavy atom. The van der Waals surface area contributed by atoms with E-state index in [4.69, 9.17) is 9.98 Å². The maximum absolute atomic E-state index is 12.3. The first-order valence-electron chi connectivity index (χ1n) is 23.4. The van der Waals surface area contributed by atoms with Gasteiger partial charge in [0.05, 0.1) is 17.1 Å². The van der Waals surface area contributed by atoms with Gasteiger partial charge in [0, 0.05) is 6.42 Å². The first-order chi connectivity index (χ1) is 28.1. The summed E-state index contributed by atoms with van der Waals surface area (Å²) in [5, 5.41) is 24.4. The molecule has 0 aliphatic heterocycles. The smallest absolute Gasteiger partial charge is 0.873 e.